The van der Waals surface area contributed by atoms with Gasteiger partial charge in [-0.15, -0.1) is 10.2 Å². The first kappa shape index (κ1) is 20.9. The van der Waals surface area contributed by atoms with Crippen LogP contribution in [0, 0.1) is 13.8 Å². The van der Waals surface area contributed by atoms with Crippen LogP contribution in [0.25, 0.3) is 11.4 Å². The molecule has 0 bridgehead atoms. The van der Waals surface area contributed by atoms with Crippen LogP contribution in [0.5, 0.6) is 0 Å². The molecule has 2 aromatic heterocycles. The Kier molecular flexibility index (Phi) is 6.47. The van der Waals surface area contributed by atoms with Gasteiger partial charge in [0, 0.05) is 18.4 Å². The zero-order valence-electron chi connectivity index (χ0n) is 17.5. The van der Waals surface area contributed by atoms with Crippen molar-refractivity contribution in [2.24, 2.45) is 0 Å². The van der Waals surface area contributed by atoms with Gasteiger partial charge in [0.1, 0.15) is 6.33 Å². The van der Waals surface area contributed by atoms with Crippen molar-refractivity contribution in [3.05, 3.63) is 83.9 Å². The Morgan fingerprint density at radius 3 is 2.71 bits per heavy atom. The summed E-state index contributed by atoms with van der Waals surface area (Å²) >= 11 is 1.38. The monoisotopic (exact) mass is 432 g/mol. The SMILES string of the molecule is Cc1ccc(-n2cnnc2SCC(=O)NCCc2cnn(-c3ccccc3)c2)cc1C. The fourth-order valence-electron chi connectivity index (χ4n) is 3.11. The van der Waals surface area contributed by atoms with E-state index in [9.17, 15) is 4.79 Å². The molecule has 4 rings (SSSR count). The van der Waals surface area contributed by atoms with Gasteiger partial charge in [0.15, 0.2) is 5.16 Å². The fraction of sp³-hybridized carbons (Fsp3) is 0.217. The number of aryl methyl sites for hydroxylation is 2. The number of para-hydroxylation sites is 1. The van der Waals surface area contributed by atoms with Gasteiger partial charge in [-0.3, -0.25) is 9.36 Å². The van der Waals surface area contributed by atoms with Crippen molar-refractivity contribution in [2.75, 3.05) is 12.3 Å². The van der Waals surface area contributed by atoms with Crippen LogP contribution in [0.4, 0.5) is 0 Å². The number of amides is 1. The minimum absolute atomic E-state index is 0.0323. The Labute approximate surface area is 185 Å². The minimum Gasteiger partial charge on any atom is -0.355 e. The number of carbonyl (C=O) groups excluding carboxylic acids is 1. The maximum Gasteiger partial charge on any atom is 0.230 e. The van der Waals surface area contributed by atoms with E-state index in [0.29, 0.717) is 11.7 Å². The van der Waals surface area contributed by atoms with Crippen molar-refractivity contribution in [2.45, 2.75) is 25.4 Å². The van der Waals surface area contributed by atoms with Crippen LogP contribution in [0.2, 0.25) is 0 Å². The molecule has 2 heterocycles. The number of nitrogens with zero attached hydrogens (tertiary/aromatic N) is 5. The highest BCUT2D eigenvalue weighted by atomic mass is 32.2. The molecule has 8 heteroatoms. The van der Waals surface area contributed by atoms with E-state index in [1.54, 1.807) is 6.33 Å². The average Bonchev–Trinajstić information content (AvgIpc) is 3.45. The van der Waals surface area contributed by atoms with E-state index in [4.69, 9.17) is 0 Å². The number of hydrogen-bond acceptors (Lipinski definition) is 5. The van der Waals surface area contributed by atoms with Gasteiger partial charge < -0.3 is 5.32 Å². The van der Waals surface area contributed by atoms with E-state index in [1.165, 1.54) is 22.9 Å². The maximum absolute atomic E-state index is 12.3. The van der Waals surface area contributed by atoms with Gasteiger partial charge in [0.25, 0.3) is 0 Å². The summed E-state index contributed by atoms with van der Waals surface area (Å²) in [7, 11) is 0. The van der Waals surface area contributed by atoms with Crippen molar-refractivity contribution < 1.29 is 4.79 Å². The third kappa shape index (κ3) is 5.21. The summed E-state index contributed by atoms with van der Waals surface area (Å²) in [5, 5.41) is 16.2. The van der Waals surface area contributed by atoms with Gasteiger partial charge in [-0.25, -0.2) is 4.68 Å². The van der Waals surface area contributed by atoms with Crippen molar-refractivity contribution >= 4 is 17.7 Å². The fourth-order valence-corrected chi connectivity index (χ4v) is 3.87. The molecule has 0 aliphatic carbocycles. The molecule has 0 aliphatic rings. The number of nitrogens with one attached hydrogen (secondary N) is 1. The second-order valence-electron chi connectivity index (χ2n) is 7.27. The van der Waals surface area contributed by atoms with Gasteiger partial charge in [0.2, 0.25) is 5.91 Å². The lowest BCUT2D eigenvalue weighted by Gasteiger charge is -2.09. The summed E-state index contributed by atoms with van der Waals surface area (Å²) in [5.41, 5.74) is 5.52. The third-order valence-corrected chi connectivity index (χ3v) is 5.95. The largest absolute Gasteiger partial charge is 0.355 e. The van der Waals surface area contributed by atoms with E-state index >= 15 is 0 Å². The van der Waals surface area contributed by atoms with E-state index < -0.39 is 0 Å². The predicted octanol–water partition coefficient (Wildman–Crippen LogP) is 3.52. The molecule has 0 saturated carbocycles. The first-order valence-corrected chi connectivity index (χ1v) is 11.0. The average molecular weight is 433 g/mol. The number of rotatable bonds is 8. The van der Waals surface area contributed by atoms with Gasteiger partial charge in [-0.1, -0.05) is 36.0 Å². The Morgan fingerprint density at radius 1 is 1.06 bits per heavy atom. The first-order chi connectivity index (χ1) is 15.1. The second-order valence-corrected chi connectivity index (χ2v) is 8.21. The molecule has 0 fully saturated rings. The summed E-state index contributed by atoms with van der Waals surface area (Å²) in [6.07, 6.45) is 6.22. The molecule has 0 atom stereocenters. The van der Waals surface area contributed by atoms with Crippen LogP contribution in [0.1, 0.15) is 16.7 Å². The number of aromatic nitrogens is 5. The molecular weight excluding hydrogens is 408 g/mol. The van der Waals surface area contributed by atoms with E-state index in [2.05, 4.69) is 46.6 Å². The zero-order chi connectivity index (χ0) is 21.6. The smallest absolute Gasteiger partial charge is 0.230 e. The summed E-state index contributed by atoms with van der Waals surface area (Å²) < 4.78 is 3.75. The summed E-state index contributed by atoms with van der Waals surface area (Å²) in [6, 6.07) is 16.2. The van der Waals surface area contributed by atoms with Crippen LogP contribution >= 0.6 is 11.8 Å². The van der Waals surface area contributed by atoms with Crippen molar-refractivity contribution in [3.63, 3.8) is 0 Å². The lowest BCUT2D eigenvalue weighted by Crippen LogP contribution is -2.27. The van der Waals surface area contributed by atoms with Crippen LogP contribution < -0.4 is 5.32 Å². The molecule has 158 valence electrons. The van der Waals surface area contributed by atoms with Crippen molar-refractivity contribution in [3.8, 4) is 11.4 Å². The highest BCUT2D eigenvalue weighted by molar-refractivity contribution is 7.99. The van der Waals surface area contributed by atoms with Crippen LogP contribution in [0.15, 0.2) is 72.4 Å². The Bertz CT molecular complexity index is 1170. The van der Waals surface area contributed by atoms with Crippen molar-refractivity contribution in [1.82, 2.24) is 29.9 Å². The molecule has 1 N–H and O–H groups in total. The summed E-state index contributed by atoms with van der Waals surface area (Å²) in [4.78, 5) is 12.3. The molecule has 0 aliphatic heterocycles. The molecule has 2 aromatic carbocycles. The molecule has 0 radical (unpaired) electrons. The Hall–Kier alpha value is -3.39. The number of thioether (sulfide) groups is 1. The Morgan fingerprint density at radius 2 is 1.90 bits per heavy atom. The maximum atomic E-state index is 12.3. The topological polar surface area (TPSA) is 77.6 Å². The zero-order valence-corrected chi connectivity index (χ0v) is 18.3. The van der Waals surface area contributed by atoms with Gasteiger partial charge in [-0.2, -0.15) is 5.10 Å². The number of benzene rings is 2. The van der Waals surface area contributed by atoms with Gasteiger partial charge in [0.05, 0.1) is 17.6 Å². The standard InChI is InChI=1S/C23H24N6OS/c1-17-8-9-21(12-18(17)2)28-16-25-27-23(28)31-15-22(30)24-11-10-19-13-26-29(14-19)20-6-4-3-5-7-20/h3-9,12-14,16H,10-11,15H2,1-2H3,(H,24,30). The second kappa shape index (κ2) is 9.61. The minimum atomic E-state index is -0.0323. The van der Waals surface area contributed by atoms with E-state index in [0.717, 1.165) is 23.4 Å². The number of hydrogen-bond donors (Lipinski definition) is 1. The molecule has 0 unspecified atom stereocenters. The predicted molar refractivity (Wildman–Crippen MR) is 122 cm³/mol. The van der Waals surface area contributed by atoms with Crippen LogP contribution in [-0.4, -0.2) is 42.7 Å². The third-order valence-electron chi connectivity index (χ3n) is 5.01. The lowest BCUT2D eigenvalue weighted by atomic mass is 10.1. The quantitative estimate of drug-likeness (QED) is 0.431. The van der Waals surface area contributed by atoms with Gasteiger partial charge in [-0.05, 0) is 61.2 Å². The van der Waals surface area contributed by atoms with Gasteiger partial charge >= 0.3 is 0 Å². The molecule has 4 aromatic rings. The molecular formula is C23H24N6OS. The van der Waals surface area contributed by atoms with Crippen LogP contribution in [-0.2, 0) is 11.2 Å². The van der Waals surface area contributed by atoms with E-state index in [1.807, 2.05) is 58.0 Å². The highest BCUT2D eigenvalue weighted by Gasteiger charge is 2.11. The highest BCUT2D eigenvalue weighted by Crippen LogP contribution is 2.21. The summed E-state index contributed by atoms with van der Waals surface area (Å²) in [5.74, 6) is 0.252. The molecule has 0 spiro atoms. The first-order valence-electron chi connectivity index (χ1n) is 10.1. The van der Waals surface area contributed by atoms with Crippen LogP contribution in [0.3, 0.4) is 0 Å². The summed E-state index contributed by atoms with van der Waals surface area (Å²) in [6.45, 7) is 4.72. The van der Waals surface area contributed by atoms with E-state index in [-0.39, 0.29) is 11.7 Å². The number of carbonyl (C=O) groups is 1. The van der Waals surface area contributed by atoms with Crippen molar-refractivity contribution in [1.29, 1.82) is 0 Å². The molecule has 31 heavy (non-hydrogen) atoms. The molecule has 1 amide bonds. The normalized spacial score (nSPS) is 10.9. The Balaban J connectivity index is 1.27. The lowest BCUT2D eigenvalue weighted by molar-refractivity contribution is -0.118. The molecule has 0 saturated heterocycles. The molecule has 7 nitrogen and oxygen atoms in total.